The predicted molar refractivity (Wildman–Crippen MR) is 43.7 cm³/mol. The summed E-state index contributed by atoms with van der Waals surface area (Å²) in [5, 5.41) is 1.07. The zero-order valence-corrected chi connectivity index (χ0v) is 6.14. The average Bonchev–Trinajstić information content (AvgIpc) is 2.32. The zero-order chi connectivity index (χ0) is 7.84. The fourth-order valence-corrected chi connectivity index (χ4v) is 1.18. The van der Waals surface area contributed by atoms with Gasteiger partial charge < -0.3 is 9.97 Å². The lowest BCUT2D eigenvalue weighted by molar-refractivity contribution is 1.26. The third-order valence-corrected chi connectivity index (χ3v) is 1.79. The van der Waals surface area contributed by atoms with Gasteiger partial charge in [-0.1, -0.05) is 0 Å². The molecule has 0 saturated heterocycles. The highest BCUT2D eigenvalue weighted by atomic mass is 16.1. The lowest BCUT2D eigenvalue weighted by Crippen LogP contribution is -2.00. The fourth-order valence-electron chi connectivity index (χ4n) is 1.18. The quantitative estimate of drug-likeness (QED) is 0.578. The summed E-state index contributed by atoms with van der Waals surface area (Å²) in [6.45, 7) is 2.00. The lowest BCUT2D eigenvalue weighted by atomic mass is 10.2. The van der Waals surface area contributed by atoms with Crippen molar-refractivity contribution in [3.05, 3.63) is 34.4 Å². The van der Waals surface area contributed by atoms with Crippen molar-refractivity contribution >= 4 is 10.9 Å². The van der Waals surface area contributed by atoms with Crippen molar-refractivity contribution in [3.8, 4) is 0 Å². The molecule has 2 aromatic heterocycles. The first kappa shape index (κ1) is 6.22. The molecule has 0 fully saturated rings. The van der Waals surface area contributed by atoms with Gasteiger partial charge in [0.05, 0.1) is 5.52 Å². The van der Waals surface area contributed by atoms with Crippen LogP contribution in [0.3, 0.4) is 0 Å². The van der Waals surface area contributed by atoms with Crippen LogP contribution in [0.1, 0.15) is 5.56 Å². The minimum absolute atomic E-state index is 0.0700. The molecular formula is C8H8N2O. The van der Waals surface area contributed by atoms with Gasteiger partial charge in [0.25, 0.3) is 0 Å². The highest BCUT2D eigenvalue weighted by Gasteiger charge is 1.97. The molecule has 0 aliphatic heterocycles. The first-order valence-electron chi connectivity index (χ1n) is 3.44. The first-order chi connectivity index (χ1) is 5.27. The number of nitrogens with one attached hydrogen (secondary N) is 2. The Bertz CT molecular complexity index is 439. The lowest BCUT2D eigenvalue weighted by Gasteiger charge is -1.87. The predicted octanol–water partition coefficient (Wildman–Crippen LogP) is 1.16. The summed E-state index contributed by atoms with van der Waals surface area (Å²) >= 11 is 0. The van der Waals surface area contributed by atoms with Crippen molar-refractivity contribution in [2.24, 2.45) is 0 Å². The van der Waals surface area contributed by atoms with Crippen molar-refractivity contribution < 1.29 is 0 Å². The Kier molecular flexibility index (Phi) is 1.12. The number of rotatable bonds is 0. The normalized spacial score (nSPS) is 10.6. The molecule has 2 rings (SSSR count). The minimum Gasteiger partial charge on any atom is -0.361 e. The van der Waals surface area contributed by atoms with E-state index in [-0.39, 0.29) is 5.56 Å². The number of hydrogen-bond donors (Lipinski definition) is 2. The second-order valence-corrected chi connectivity index (χ2v) is 2.60. The summed E-state index contributed by atoms with van der Waals surface area (Å²) in [5.74, 6) is 0. The third-order valence-electron chi connectivity index (χ3n) is 1.79. The molecule has 2 N–H and O–H groups in total. The van der Waals surface area contributed by atoms with Crippen LogP contribution in [0.15, 0.2) is 23.3 Å². The second kappa shape index (κ2) is 1.99. The van der Waals surface area contributed by atoms with E-state index in [2.05, 4.69) is 9.97 Å². The van der Waals surface area contributed by atoms with Gasteiger partial charge in [-0.05, 0) is 12.5 Å². The molecule has 0 aliphatic carbocycles. The maximum absolute atomic E-state index is 10.8. The Morgan fingerprint density at radius 3 is 2.91 bits per heavy atom. The second-order valence-electron chi connectivity index (χ2n) is 2.60. The highest BCUT2D eigenvalue weighted by molar-refractivity contribution is 5.81. The minimum atomic E-state index is -0.0700. The van der Waals surface area contributed by atoms with Gasteiger partial charge in [-0.3, -0.25) is 4.79 Å². The molecule has 11 heavy (non-hydrogen) atoms. The van der Waals surface area contributed by atoms with Crippen molar-refractivity contribution in [2.75, 3.05) is 0 Å². The number of fused-ring (bicyclic) bond motifs is 1. The Morgan fingerprint density at radius 2 is 2.09 bits per heavy atom. The van der Waals surface area contributed by atoms with Crippen molar-refractivity contribution in [1.82, 2.24) is 9.97 Å². The number of pyridine rings is 1. The smallest absolute Gasteiger partial charge is 0.250 e. The number of aryl methyl sites for hydroxylation is 1. The maximum Gasteiger partial charge on any atom is 0.250 e. The van der Waals surface area contributed by atoms with Crippen molar-refractivity contribution in [1.29, 1.82) is 0 Å². The molecule has 0 spiro atoms. The van der Waals surface area contributed by atoms with Gasteiger partial charge in [0.2, 0.25) is 5.56 Å². The van der Waals surface area contributed by atoms with E-state index >= 15 is 0 Å². The molecule has 2 heterocycles. The molecule has 0 aliphatic rings. The van der Waals surface area contributed by atoms with Crippen LogP contribution in [-0.4, -0.2) is 9.97 Å². The van der Waals surface area contributed by atoms with E-state index in [1.165, 1.54) is 0 Å². The van der Waals surface area contributed by atoms with Crippen molar-refractivity contribution in [2.45, 2.75) is 6.92 Å². The van der Waals surface area contributed by atoms with E-state index in [0.29, 0.717) is 0 Å². The van der Waals surface area contributed by atoms with Crippen LogP contribution >= 0.6 is 0 Å². The monoisotopic (exact) mass is 148 g/mol. The molecule has 0 amide bonds. The molecule has 0 saturated carbocycles. The summed E-state index contributed by atoms with van der Waals surface area (Å²) in [6.07, 6.45) is 3.61. The van der Waals surface area contributed by atoms with E-state index < -0.39 is 0 Å². The highest BCUT2D eigenvalue weighted by Crippen LogP contribution is 2.12. The van der Waals surface area contributed by atoms with Crippen LogP contribution in [0.4, 0.5) is 0 Å². The van der Waals surface area contributed by atoms with Gasteiger partial charge in [-0.2, -0.15) is 0 Å². The molecule has 56 valence electrons. The summed E-state index contributed by atoms with van der Waals surface area (Å²) in [4.78, 5) is 16.5. The summed E-state index contributed by atoms with van der Waals surface area (Å²) in [6, 6.07) is 1.56. The Morgan fingerprint density at radius 1 is 1.27 bits per heavy atom. The van der Waals surface area contributed by atoms with Gasteiger partial charge in [-0.25, -0.2) is 0 Å². The van der Waals surface area contributed by atoms with Crippen LogP contribution in [0.25, 0.3) is 10.9 Å². The molecular weight excluding hydrogens is 140 g/mol. The standard InChI is InChI=1S/C8H8N2O/c1-5-3-9-7-2-8(11)10-4-6(5)7/h2-4,9H,1H3,(H,10,11). The Hall–Kier alpha value is -1.51. The van der Waals surface area contributed by atoms with E-state index in [0.717, 1.165) is 16.5 Å². The summed E-state index contributed by atoms with van der Waals surface area (Å²) in [5.41, 5.74) is 1.97. The van der Waals surface area contributed by atoms with E-state index in [9.17, 15) is 4.79 Å². The van der Waals surface area contributed by atoms with Gasteiger partial charge in [-0.15, -0.1) is 0 Å². The SMILES string of the molecule is Cc1c[nH]c2cc(=O)[nH]cc12. The van der Waals surface area contributed by atoms with Crippen LogP contribution in [0.2, 0.25) is 0 Å². The van der Waals surface area contributed by atoms with Gasteiger partial charge in [0, 0.05) is 23.8 Å². The van der Waals surface area contributed by atoms with Crippen molar-refractivity contribution in [3.63, 3.8) is 0 Å². The first-order valence-corrected chi connectivity index (χ1v) is 3.44. The Labute approximate surface area is 63.1 Å². The number of hydrogen-bond acceptors (Lipinski definition) is 1. The summed E-state index contributed by atoms with van der Waals surface area (Å²) < 4.78 is 0. The molecule has 3 nitrogen and oxygen atoms in total. The van der Waals surface area contributed by atoms with Crippen LogP contribution in [0.5, 0.6) is 0 Å². The molecule has 3 heteroatoms. The van der Waals surface area contributed by atoms with E-state index in [1.807, 2.05) is 13.1 Å². The van der Waals surface area contributed by atoms with Gasteiger partial charge in [0.1, 0.15) is 0 Å². The van der Waals surface area contributed by atoms with Crippen LogP contribution in [-0.2, 0) is 0 Å². The molecule has 2 aromatic rings. The average molecular weight is 148 g/mol. The largest absolute Gasteiger partial charge is 0.361 e. The van der Waals surface area contributed by atoms with Crippen LogP contribution < -0.4 is 5.56 Å². The molecule has 0 radical (unpaired) electrons. The summed E-state index contributed by atoms with van der Waals surface area (Å²) in [7, 11) is 0. The number of aromatic amines is 2. The molecule has 0 bridgehead atoms. The third kappa shape index (κ3) is 0.852. The molecule has 0 atom stereocenters. The molecule has 0 aromatic carbocycles. The Balaban J connectivity index is 2.96. The fraction of sp³-hybridized carbons (Fsp3) is 0.125. The topological polar surface area (TPSA) is 48.6 Å². The maximum atomic E-state index is 10.8. The number of aromatic nitrogens is 2. The van der Waals surface area contributed by atoms with Crippen LogP contribution in [0, 0.1) is 6.92 Å². The van der Waals surface area contributed by atoms with E-state index in [4.69, 9.17) is 0 Å². The van der Waals surface area contributed by atoms with E-state index in [1.54, 1.807) is 12.3 Å². The number of H-pyrrole nitrogens is 2. The van der Waals surface area contributed by atoms with Gasteiger partial charge >= 0.3 is 0 Å². The van der Waals surface area contributed by atoms with Gasteiger partial charge in [0.15, 0.2) is 0 Å². The zero-order valence-electron chi connectivity index (χ0n) is 6.14. The molecule has 0 unspecified atom stereocenters.